The lowest BCUT2D eigenvalue weighted by atomic mass is 10.1. The second-order valence-electron chi connectivity index (χ2n) is 3.79. The third-order valence-corrected chi connectivity index (χ3v) is 2.87. The van der Waals surface area contributed by atoms with Crippen molar-refractivity contribution >= 4 is 39.0 Å². The summed E-state index contributed by atoms with van der Waals surface area (Å²) in [6.45, 7) is 0. The molecule has 0 bridgehead atoms. The van der Waals surface area contributed by atoms with Gasteiger partial charge in [-0.15, -0.1) is 0 Å². The van der Waals surface area contributed by atoms with E-state index in [4.69, 9.17) is 5.73 Å². The number of amides is 1. The number of nitrogens with two attached hydrogens (primary N) is 1. The van der Waals surface area contributed by atoms with Gasteiger partial charge in [-0.3, -0.25) is 14.9 Å². The first-order valence-corrected chi connectivity index (χ1v) is 6.20. The number of hydrogen-bond acceptors (Lipinski definition) is 6. The molecule has 1 heterocycles. The molecule has 0 atom stereocenters. The Labute approximate surface area is 125 Å². The van der Waals surface area contributed by atoms with Gasteiger partial charge in [-0.25, -0.2) is 14.4 Å². The maximum Gasteiger partial charge on any atom is 0.293 e. The van der Waals surface area contributed by atoms with Gasteiger partial charge in [0.1, 0.15) is 21.7 Å². The zero-order chi connectivity index (χ0) is 15.6. The van der Waals surface area contributed by atoms with Gasteiger partial charge < -0.3 is 11.1 Å². The molecule has 0 aliphatic carbocycles. The van der Waals surface area contributed by atoms with Crippen molar-refractivity contribution in [1.82, 2.24) is 9.97 Å². The Morgan fingerprint density at radius 2 is 2.10 bits per heavy atom. The number of anilines is 2. The molecule has 3 N–H and O–H groups in total. The molecule has 2 aromatic rings. The van der Waals surface area contributed by atoms with Crippen LogP contribution >= 0.6 is 15.9 Å². The van der Waals surface area contributed by atoms with Gasteiger partial charge in [0.15, 0.2) is 5.82 Å². The average molecular weight is 356 g/mol. The summed E-state index contributed by atoms with van der Waals surface area (Å²) in [5.74, 6) is -1.88. The van der Waals surface area contributed by atoms with Crippen LogP contribution < -0.4 is 11.1 Å². The minimum atomic E-state index is -0.972. The predicted octanol–water partition coefficient (Wildman–Crippen LogP) is 2.12. The minimum Gasteiger partial charge on any atom is -0.392 e. The summed E-state index contributed by atoms with van der Waals surface area (Å²) in [5, 5.41) is 13.0. The lowest BCUT2D eigenvalue weighted by Gasteiger charge is -2.08. The Kier molecular flexibility index (Phi) is 4.08. The highest BCUT2D eigenvalue weighted by Gasteiger charge is 2.24. The molecule has 8 nitrogen and oxygen atoms in total. The van der Waals surface area contributed by atoms with E-state index < -0.39 is 33.6 Å². The van der Waals surface area contributed by atoms with Crippen LogP contribution in [0.5, 0.6) is 0 Å². The molecule has 0 unspecified atom stereocenters. The van der Waals surface area contributed by atoms with E-state index in [0.29, 0.717) is 4.60 Å². The molecule has 21 heavy (non-hydrogen) atoms. The maximum atomic E-state index is 13.7. The normalized spacial score (nSPS) is 10.2. The van der Waals surface area contributed by atoms with Crippen LogP contribution in [-0.2, 0) is 0 Å². The first-order chi connectivity index (χ1) is 9.90. The number of rotatable bonds is 3. The van der Waals surface area contributed by atoms with Crippen LogP contribution in [0.15, 0.2) is 29.1 Å². The second kappa shape index (κ2) is 5.79. The number of aromatic nitrogens is 2. The number of halogens is 2. The van der Waals surface area contributed by atoms with Gasteiger partial charge in [-0.1, -0.05) is 0 Å². The maximum absolute atomic E-state index is 13.7. The van der Waals surface area contributed by atoms with Gasteiger partial charge in [0.25, 0.3) is 11.6 Å². The zero-order valence-electron chi connectivity index (χ0n) is 10.2. The summed E-state index contributed by atoms with van der Waals surface area (Å²) in [7, 11) is 0. The van der Waals surface area contributed by atoms with Crippen molar-refractivity contribution in [1.29, 1.82) is 0 Å². The molecule has 2 rings (SSSR count). The van der Waals surface area contributed by atoms with Crippen molar-refractivity contribution < 1.29 is 14.1 Å². The summed E-state index contributed by atoms with van der Waals surface area (Å²) in [6.07, 6.45) is 2.55. The number of nitro benzene ring substituents is 1. The fraction of sp³-hybridized carbons (Fsp3) is 0. The highest BCUT2D eigenvalue weighted by Crippen LogP contribution is 2.27. The molecule has 0 saturated carbocycles. The van der Waals surface area contributed by atoms with E-state index in [0.717, 1.165) is 12.1 Å². The number of benzene rings is 1. The zero-order valence-corrected chi connectivity index (χ0v) is 11.8. The van der Waals surface area contributed by atoms with Crippen molar-refractivity contribution in [3.8, 4) is 0 Å². The van der Waals surface area contributed by atoms with Crippen LogP contribution in [0.25, 0.3) is 0 Å². The second-order valence-corrected chi connectivity index (χ2v) is 4.60. The van der Waals surface area contributed by atoms with Gasteiger partial charge in [0.05, 0.1) is 17.3 Å². The molecule has 0 saturated heterocycles. The van der Waals surface area contributed by atoms with Crippen LogP contribution in [0, 0.1) is 15.9 Å². The highest BCUT2D eigenvalue weighted by molar-refractivity contribution is 9.10. The van der Waals surface area contributed by atoms with Gasteiger partial charge in [0, 0.05) is 6.07 Å². The van der Waals surface area contributed by atoms with Gasteiger partial charge in [-0.2, -0.15) is 0 Å². The summed E-state index contributed by atoms with van der Waals surface area (Å²) in [4.78, 5) is 29.6. The molecule has 108 valence electrons. The number of nitro groups is 1. The Hall–Kier alpha value is -2.62. The summed E-state index contributed by atoms with van der Waals surface area (Å²) >= 11 is 3.06. The standard InChI is InChI=1S/C11H7BrFN5O3/c12-7-3-16-8(4-15-7)17-11(19)9-5(13)1-2-6(10(9)14)18(20)21/h1-4H,14H2,(H,16,17,19). The quantitative estimate of drug-likeness (QED) is 0.493. The number of carbonyl (C=O) groups excluding carboxylic acids is 1. The van der Waals surface area contributed by atoms with Gasteiger partial charge in [-0.05, 0) is 22.0 Å². The molecule has 0 aliphatic rings. The molecule has 10 heteroatoms. The first-order valence-electron chi connectivity index (χ1n) is 5.41. The lowest BCUT2D eigenvalue weighted by molar-refractivity contribution is -0.384. The van der Waals surface area contributed by atoms with Crippen LogP contribution in [0.2, 0.25) is 0 Å². The minimum absolute atomic E-state index is 0.0495. The largest absolute Gasteiger partial charge is 0.392 e. The predicted molar refractivity (Wildman–Crippen MR) is 75.2 cm³/mol. The highest BCUT2D eigenvalue weighted by atomic mass is 79.9. The van der Waals surface area contributed by atoms with E-state index in [9.17, 15) is 19.3 Å². The number of nitrogen functional groups attached to an aromatic ring is 1. The summed E-state index contributed by atoms with van der Waals surface area (Å²) in [5.41, 5.74) is 3.76. The fourth-order valence-electron chi connectivity index (χ4n) is 1.53. The number of nitrogens with zero attached hydrogens (tertiary/aromatic N) is 3. The molecule has 0 radical (unpaired) electrons. The molecule has 0 spiro atoms. The van der Waals surface area contributed by atoms with E-state index >= 15 is 0 Å². The Morgan fingerprint density at radius 3 is 2.67 bits per heavy atom. The van der Waals surface area contributed by atoms with Crippen molar-refractivity contribution in [2.45, 2.75) is 0 Å². The van der Waals surface area contributed by atoms with E-state index in [1.807, 2.05) is 0 Å². The van der Waals surface area contributed by atoms with Crippen LogP contribution in [0.1, 0.15) is 10.4 Å². The van der Waals surface area contributed by atoms with Crippen molar-refractivity contribution in [2.24, 2.45) is 0 Å². The number of carbonyl (C=O) groups is 1. The van der Waals surface area contributed by atoms with Crippen molar-refractivity contribution in [3.05, 3.63) is 50.6 Å². The monoisotopic (exact) mass is 355 g/mol. The van der Waals surface area contributed by atoms with Crippen molar-refractivity contribution in [2.75, 3.05) is 11.1 Å². The summed E-state index contributed by atoms with van der Waals surface area (Å²) in [6, 6.07) is 1.69. The Morgan fingerprint density at radius 1 is 1.38 bits per heavy atom. The Bertz CT molecular complexity index is 723. The number of nitrogens with one attached hydrogen (secondary N) is 1. The topological polar surface area (TPSA) is 124 Å². The molecule has 1 aromatic heterocycles. The van der Waals surface area contributed by atoms with Crippen LogP contribution in [0.4, 0.5) is 21.6 Å². The third kappa shape index (κ3) is 3.11. The molecule has 1 aromatic carbocycles. The Balaban J connectivity index is 2.37. The van der Waals surface area contributed by atoms with Crippen LogP contribution in [-0.4, -0.2) is 20.8 Å². The fourth-order valence-corrected chi connectivity index (χ4v) is 1.73. The van der Waals surface area contributed by atoms with E-state index in [1.54, 1.807) is 0 Å². The number of hydrogen-bond donors (Lipinski definition) is 2. The SMILES string of the molecule is Nc1c([N+](=O)[O-])ccc(F)c1C(=O)Nc1cnc(Br)cn1. The molecular weight excluding hydrogens is 349 g/mol. The van der Waals surface area contributed by atoms with Crippen molar-refractivity contribution in [3.63, 3.8) is 0 Å². The smallest absolute Gasteiger partial charge is 0.293 e. The summed E-state index contributed by atoms with van der Waals surface area (Å²) < 4.78 is 14.2. The van der Waals surface area contributed by atoms with Crippen LogP contribution in [0.3, 0.4) is 0 Å². The third-order valence-electron chi connectivity index (χ3n) is 2.46. The van der Waals surface area contributed by atoms with E-state index in [2.05, 4.69) is 31.2 Å². The molecular formula is C11H7BrFN5O3. The molecule has 0 fully saturated rings. The van der Waals surface area contributed by atoms with Gasteiger partial charge in [0.2, 0.25) is 0 Å². The first kappa shape index (κ1) is 14.8. The lowest BCUT2D eigenvalue weighted by Crippen LogP contribution is -2.17. The van der Waals surface area contributed by atoms with E-state index in [-0.39, 0.29) is 5.82 Å². The molecule has 0 aliphatic heterocycles. The van der Waals surface area contributed by atoms with E-state index in [1.165, 1.54) is 12.4 Å². The molecule has 1 amide bonds. The average Bonchev–Trinajstić information content (AvgIpc) is 2.41. The van der Waals surface area contributed by atoms with Gasteiger partial charge >= 0.3 is 0 Å².